The fraction of sp³-hybridized carbons (Fsp3) is 0.273. The van der Waals surface area contributed by atoms with Crippen molar-refractivity contribution in [1.29, 1.82) is 5.26 Å². The van der Waals surface area contributed by atoms with Crippen LogP contribution in [-0.4, -0.2) is 47.3 Å². The molecule has 0 amide bonds. The first-order valence-electron chi connectivity index (χ1n) is 10.1. The van der Waals surface area contributed by atoms with Crippen LogP contribution in [0, 0.1) is 21.4 Å². The minimum Gasteiger partial charge on any atom is -0.771 e. The molecule has 1 atom stereocenters. The molecule has 0 radical (unpaired) electrons. The molecule has 1 aliphatic heterocycles. The smallest absolute Gasteiger partial charge is 0.311 e. The molecule has 10 nitrogen and oxygen atoms in total. The van der Waals surface area contributed by atoms with Crippen LogP contribution < -0.4 is 4.74 Å². The number of aromatic nitrogens is 2. The van der Waals surface area contributed by atoms with Gasteiger partial charge < -0.3 is 9.29 Å². The number of nitro groups is 1. The third kappa shape index (κ3) is 4.78. The third-order valence-electron chi connectivity index (χ3n) is 5.53. The van der Waals surface area contributed by atoms with E-state index in [0.29, 0.717) is 24.2 Å². The first kappa shape index (κ1) is 22.6. The van der Waals surface area contributed by atoms with Crippen LogP contribution in [0.25, 0.3) is 11.1 Å². The Balaban J connectivity index is 1.64. The number of nitrogens with zero attached hydrogens (tertiary/aromatic N) is 5. The summed E-state index contributed by atoms with van der Waals surface area (Å²) in [6.07, 6.45) is 3.45. The summed E-state index contributed by atoms with van der Waals surface area (Å²) >= 11 is -2.21. The van der Waals surface area contributed by atoms with E-state index in [1.807, 2.05) is 30.3 Å². The van der Waals surface area contributed by atoms with Crippen LogP contribution in [0.1, 0.15) is 12.0 Å². The molecule has 1 saturated heterocycles. The lowest BCUT2D eigenvalue weighted by Crippen LogP contribution is -2.63. The maximum atomic E-state index is 11.7. The van der Waals surface area contributed by atoms with Crippen molar-refractivity contribution < 1.29 is 18.4 Å². The maximum Gasteiger partial charge on any atom is 0.311 e. The van der Waals surface area contributed by atoms with Crippen LogP contribution in [0.2, 0.25) is 0 Å². The fourth-order valence-corrected chi connectivity index (χ4v) is 4.49. The summed E-state index contributed by atoms with van der Waals surface area (Å²) in [6.45, 7) is 0.885. The quantitative estimate of drug-likeness (QED) is 0.267. The maximum absolute atomic E-state index is 11.7. The molecule has 170 valence electrons. The van der Waals surface area contributed by atoms with Gasteiger partial charge >= 0.3 is 5.69 Å². The predicted octanol–water partition coefficient (Wildman–Crippen LogP) is 2.80. The van der Waals surface area contributed by atoms with Gasteiger partial charge in [0, 0.05) is 36.5 Å². The number of hydrogen-bond donors (Lipinski definition) is 0. The summed E-state index contributed by atoms with van der Waals surface area (Å²) in [5, 5.41) is 25.4. The van der Waals surface area contributed by atoms with E-state index in [4.69, 9.17) is 4.74 Å². The first-order chi connectivity index (χ1) is 15.9. The molecule has 1 fully saturated rings. The number of benzene rings is 2. The zero-order valence-electron chi connectivity index (χ0n) is 17.5. The number of hydrogen-bond acceptors (Lipinski definition) is 8. The van der Waals surface area contributed by atoms with Gasteiger partial charge in [0.1, 0.15) is 12.1 Å². The van der Waals surface area contributed by atoms with E-state index < -0.39 is 21.5 Å². The summed E-state index contributed by atoms with van der Waals surface area (Å²) in [5.41, 5.74) is 1.17. The van der Waals surface area contributed by atoms with Crippen LogP contribution in [0.15, 0.2) is 60.9 Å². The molecule has 11 heteroatoms. The van der Waals surface area contributed by atoms with Crippen LogP contribution >= 0.6 is 0 Å². The molecule has 2 heterocycles. The van der Waals surface area contributed by atoms with Crippen molar-refractivity contribution in [2.45, 2.75) is 18.6 Å². The van der Waals surface area contributed by atoms with Crippen LogP contribution in [0.4, 0.5) is 5.69 Å². The SMILES string of the molecule is N#CCC1(n2cc(-c3cccc([N+](=O)[O-])c3OCc3ccccc3)cn2)CN(CS(=O)[O-])C1. The molecular weight excluding hydrogens is 446 g/mol. The second-order valence-corrected chi connectivity index (χ2v) is 8.70. The molecule has 4 rings (SSSR count). The molecular formula is C22H20N5O5S-. The van der Waals surface area contributed by atoms with E-state index >= 15 is 0 Å². The van der Waals surface area contributed by atoms with Gasteiger partial charge in [0.15, 0.2) is 0 Å². The van der Waals surface area contributed by atoms with E-state index in [-0.39, 0.29) is 30.3 Å². The topological polar surface area (TPSA) is 137 Å². The molecule has 0 saturated carbocycles. The molecule has 0 N–H and O–H groups in total. The van der Waals surface area contributed by atoms with Crippen molar-refractivity contribution >= 4 is 16.8 Å². The average Bonchev–Trinajstić information content (AvgIpc) is 3.26. The van der Waals surface area contributed by atoms with Gasteiger partial charge in [-0.25, -0.2) is 0 Å². The van der Waals surface area contributed by atoms with Crippen LogP contribution in [0.5, 0.6) is 5.75 Å². The van der Waals surface area contributed by atoms with Crippen LogP contribution in [-0.2, 0) is 23.2 Å². The number of nitro benzene ring substituents is 1. The van der Waals surface area contributed by atoms with E-state index in [1.165, 1.54) is 6.07 Å². The van der Waals surface area contributed by atoms with Gasteiger partial charge in [0.2, 0.25) is 5.75 Å². The second kappa shape index (κ2) is 9.50. The summed E-state index contributed by atoms with van der Waals surface area (Å²) < 4.78 is 29.5. The molecule has 0 spiro atoms. The molecule has 33 heavy (non-hydrogen) atoms. The highest BCUT2D eigenvalue weighted by molar-refractivity contribution is 7.79. The molecule has 0 aliphatic carbocycles. The van der Waals surface area contributed by atoms with Gasteiger partial charge in [-0.1, -0.05) is 42.5 Å². The van der Waals surface area contributed by atoms with Crippen molar-refractivity contribution in [2.75, 3.05) is 19.0 Å². The minimum atomic E-state index is -2.21. The predicted molar refractivity (Wildman–Crippen MR) is 119 cm³/mol. The summed E-state index contributed by atoms with van der Waals surface area (Å²) in [6, 6.07) is 16.2. The van der Waals surface area contributed by atoms with Gasteiger partial charge in [-0.05, 0) is 16.6 Å². The number of rotatable bonds is 9. The highest BCUT2D eigenvalue weighted by atomic mass is 32.2. The molecule has 1 aliphatic rings. The van der Waals surface area contributed by atoms with E-state index in [1.54, 1.807) is 34.1 Å². The van der Waals surface area contributed by atoms with Crippen molar-refractivity contribution in [3.05, 3.63) is 76.6 Å². The lowest BCUT2D eigenvalue weighted by atomic mass is 9.87. The number of nitriles is 1. The molecule has 2 aromatic carbocycles. The Morgan fingerprint density at radius 1 is 1.21 bits per heavy atom. The average molecular weight is 466 g/mol. The largest absolute Gasteiger partial charge is 0.771 e. The lowest BCUT2D eigenvalue weighted by Gasteiger charge is -2.49. The second-order valence-electron chi connectivity index (χ2n) is 7.84. The van der Waals surface area contributed by atoms with Gasteiger partial charge in [-0.15, -0.1) is 0 Å². The van der Waals surface area contributed by atoms with E-state index in [2.05, 4.69) is 11.2 Å². The van der Waals surface area contributed by atoms with Crippen LogP contribution in [0.3, 0.4) is 0 Å². The third-order valence-corrected chi connectivity index (χ3v) is 6.10. The summed E-state index contributed by atoms with van der Waals surface area (Å²) in [5.74, 6) is 0.0288. The fourth-order valence-electron chi connectivity index (χ4n) is 4.01. The monoisotopic (exact) mass is 466 g/mol. The highest BCUT2D eigenvalue weighted by Crippen LogP contribution is 2.40. The zero-order valence-corrected chi connectivity index (χ0v) is 18.3. The standard InChI is InChI=1S/C22H21N5O5S/c23-10-9-22(14-25(15-22)16-33(30)31)26-12-18(11-24-26)19-7-4-8-20(27(28)29)21(19)32-13-17-5-2-1-3-6-17/h1-8,11-12H,9,13-16H2,(H,30,31)/p-1. The molecule has 0 bridgehead atoms. The zero-order chi connectivity index (χ0) is 23.4. The molecule has 1 aromatic heterocycles. The number of ether oxygens (including phenoxy) is 1. The van der Waals surface area contributed by atoms with Gasteiger partial charge in [0.05, 0.1) is 29.5 Å². The Kier molecular flexibility index (Phi) is 6.50. The Hall–Kier alpha value is -3.59. The number of likely N-dealkylation sites (tertiary alicyclic amines) is 1. The first-order valence-corrected chi connectivity index (χ1v) is 11.3. The lowest BCUT2D eigenvalue weighted by molar-refractivity contribution is -0.385. The Bertz CT molecular complexity index is 1220. The Labute approximate surface area is 192 Å². The van der Waals surface area contributed by atoms with Crippen molar-refractivity contribution in [1.82, 2.24) is 14.7 Å². The van der Waals surface area contributed by atoms with Gasteiger partial charge in [-0.3, -0.25) is 23.9 Å². The van der Waals surface area contributed by atoms with E-state index in [9.17, 15) is 24.1 Å². The minimum absolute atomic E-state index is 0.107. The Morgan fingerprint density at radius 3 is 2.64 bits per heavy atom. The summed E-state index contributed by atoms with van der Waals surface area (Å²) in [7, 11) is 0. The molecule has 1 unspecified atom stereocenters. The van der Waals surface area contributed by atoms with Crippen molar-refractivity contribution in [3.8, 4) is 22.9 Å². The summed E-state index contributed by atoms with van der Waals surface area (Å²) in [4.78, 5) is 12.9. The number of para-hydroxylation sites is 1. The molecule has 3 aromatic rings. The normalized spacial score (nSPS) is 15.9. The highest BCUT2D eigenvalue weighted by Gasteiger charge is 2.45. The van der Waals surface area contributed by atoms with Crippen molar-refractivity contribution in [2.24, 2.45) is 0 Å². The van der Waals surface area contributed by atoms with Gasteiger partial charge in [0.25, 0.3) is 0 Å². The van der Waals surface area contributed by atoms with E-state index in [0.717, 1.165) is 5.56 Å². The van der Waals surface area contributed by atoms with Crippen molar-refractivity contribution in [3.63, 3.8) is 0 Å². The Morgan fingerprint density at radius 2 is 1.97 bits per heavy atom. The van der Waals surface area contributed by atoms with Gasteiger partial charge in [-0.2, -0.15) is 10.4 Å².